The van der Waals surface area contributed by atoms with E-state index in [1.54, 1.807) is 11.6 Å². The number of hydrogen-bond donors (Lipinski definition) is 1. The van der Waals surface area contributed by atoms with Crippen LogP contribution < -0.4 is 10.2 Å². The van der Waals surface area contributed by atoms with Gasteiger partial charge in [0, 0.05) is 31.6 Å². The van der Waals surface area contributed by atoms with Crippen molar-refractivity contribution in [2.75, 3.05) is 43.3 Å². The number of sulfone groups is 1. The molecule has 1 fully saturated rings. The second-order valence-corrected chi connectivity index (χ2v) is 11.5. The number of nitrogens with zero attached hydrogens (tertiary/aromatic N) is 7. The molecular formula is C24H27F3N8O3S. The van der Waals surface area contributed by atoms with Gasteiger partial charge in [0.15, 0.2) is 15.5 Å². The minimum absolute atomic E-state index is 0.0164. The largest absolute Gasteiger partial charge is 0.435 e. The van der Waals surface area contributed by atoms with E-state index in [4.69, 9.17) is 9.72 Å². The fourth-order valence-electron chi connectivity index (χ4n) is 4.66. The second kappa shape index (κ2) is 9.79. The van der Waals surface area contributed by atoms with E-state index in [9.17, 15) is 21.6 Å². The Morgan fingerprint density at radius 2 is 1.92 bits per heavy atom. The third kappa shape index (κ3) is 5.15. The Labute approximate surface area is 222 Å². The molecule has 0 bridgehead atoms. The van der Waals surface area contributed by atoms with Gasteiger partial charge in [-0.25, -0.2) is 23.0 Å². The molecule has 11 nitrogen and oxygen atoms in total. The number of aromatic nitrogens is 6. The third-order valence-corrected chi connectivity index (χ3v) is 7.15. The monoisotopic (exact) mass is 564 g/mol. The second-order valence-electron chi connectivity index (χ2n) is 9.40. The van der Waals surface area contributed by atoms with Gasteiger partial charge in [0.05, 0.1) is 41.5 Å². The van der Waals surface area contributed by atoms with Crippen molar-refractivity contribution in [3.05, 3.63) is 41.7 Å². The van der Waals surface area contributed by atoms with Gasteiger partial charge >= 0.3 is 6.18 Å². The molecule has 1 aliphatic heterocycles. The Morgan fingerprint density at radius 1 is 1.18 bits per heavy atom. The molecule has 39 heavy (non-hydrogen) atoms. The maximum Gasteiger partial charge on any atom is 0.435 e. The molecule has 4 aromatic rings. The van der Waals surface area contributed by atoms with Crippen molar-refractivity contribution in [1.29, 1.82) is 0 Å². The quantitative estimate of drug-likeness (QED) is 0.376. The fraction of sp³-hybridized carbons (Fsp3) is 0.417. The first kappa shape index (κ1) is 26.9. The normalized spacial score (nSPS) is 16.7. The maximum atomic E-state index is 14.3. The van der Waals surface area contributed by atoms with Crippen molar-refractivity contribution in [2.24, 2.45) is 0 Å². The number of nitrogens with one attached hydrogen (secondary N) is 1. The summed E-state index contributed by atoms with van der Waals surface area (Å²) in [6, 6.07) is 8.64. The van der Waals surface area contributed by atoms with Crippen LogP contribution in [-0.2, 0) is 26.6 Å². The number of benzene rings is 1. The Balaban J connectivity index is 1.81. The van der Waals surface area contributed by atoms with E-state index < -0.39 is 27.6 Å². The minimum atomic E-state index is -4.86. The van der Waals surface area contributed by atoms with Crippen molar-refractivity contribution in [2.45, 2.75) is 31.9 Å². The number of halogens is 3. The van der Waals surface area contributed by atoms with Crippen LogP contribution in [0.25, 0.3) is 28.2 Å². The highest BCUT2D eigenvalue weighted by atomic mass is 32.2. The van der Waals surface area contributed by atoms with E-state index in [1.807, 2.05) is 36.1 Å². The molecule has 1 saturated heterocycles. The van der Waals surface area contributed by atoms with Crippen LogP contribution in [0.4, 0.5) is 24.9 Å². The van der Waals surface area contributed by atoms with Crippen molar-refractivity contribution in [3.8, 4) is 17.2 Å². The number of morpholine rings is 1. The standard InChI is InChI=1S/C24H27F3N8O3S/c1-14-12-38-10-9-33(14)19-11-17(20-15(2)34(13-39(4,36)37)32-21(20)24(25,26)27)30-23(31-19)35-18-8-6-5-7-16(18)29-22(35)28-3/h5-8,11,14H,9-10,12-13H2,1-4H3,(H,28,29)/t14-/m1/s1. The number of para-hydroxylation sites is 2. The SMILES string of the molecule is CNc1nc2ccccc2n1-c1nc(-c2c(C(F)(F)F)nn(CS(C)(=O)=O)c2C)cc(N2CCOC[C@H]2C)n1. The molecular weight excluding hydrogens is 537 g/mol. The minimum Gasteiger partial charge on any atom is -0.377 e. The average molecular weight is 565 g/mol. The molecule has 15 heteroatoms. The van der Waals surface area contributed by atoms with Crippen LogP contribution in [0.5, 0.6) is 0 Å². The summed E-state index contributed by atoms with van der Waals surface area (Å²) in [6.45, 7) is 4.65. The van der Waals surface area contributed by atoms with Gasteiger partial charge in [-0.1, -0.05) is 12.1 Å². The number of fused-ring (bicyclic) bond motifs is 1. The summed E-state index contributed by atoms with van der Waals surface area (Å²) in [4.78, 5) is 15.8. The first-order valence-corrected chi connectivity index (χ1v) is 14.1. The summed E-state index contributed by atoms with van der Waals surface area (Å²) in [5.74, 6) is 0.190. The summed E-state index contributed by atoms with van der Waals surface area (Å²) < 4.78 is 74.7. The molecule has 0 amide bonds. The molecule has 4 heterocycles. The zero-order valence-corrected chi connectivity index (χ0v) is 22.5. The highest BCUT2D eigenvalue weighted by Crippen LogP contribution is 2.39. The molecule has 0 spiro atoms. The van der Waals surface area contributed by atoms with E-state index in [-0.39, 0.29) is 28.9 Å². The van der Waals surface area contributed by atoms with E-state index in [0.29, 0.717) is 42.6 Å². The Bertz CT molecular complexity index is 1650. The number of hydrogen-bond acceptors (Lipinski definition) is 9. The van der Waals surface area contributed by atoms with Crippen LogP contribution in [0.2, 0.25) is 0 Å². The molecule has 1 atom stereocenters. The molecule has 3 aromatic heterocycles. The van der Waals surface area contributed by atoms with E-state index >= 15 is 0 Å². The molecule has 0 saturated carbocycles. The Hall–Kier alpha value is -3.72. The van der Waals surface area contributed by atoms with Crippen molar-refractivity contribution < 1.29 is 26.3 Å². The average Bonchev–Trinajstić information content (AvgIpc) is 3.40. The smallest absolute Gasteiger partial charge is 0.377 e. The predicted octanol–water partition coefficient (Wildman–Crippen LogP) is 3.28. The predicted molar refractivity (Wildman–Crippen MR) is 140 cm³/mol. The maximum absolute atomic E-state index is 14.3. The van der Waals surface area contributed by atoms with Gasteiger partial charge in [-0.3, -0.25) is 4.68 Å². The van der Waals surface area contributed by atoms with Crippen LogP contribution in [0.1, 0.15) is 18.3 Å². The van der Waals surface area contributed by atoms with Gasteiger partial charge in [0.2, 0.25) is 11.9 Å². The van der Waals surface area contributed by atoms with Crippen LogP contribution in [0.15, 0.2) is 30.3 Å². The van der Waals surface area contributed by atoms with Crippen molar-refractivity contribution in [1.82, 2.24) is 29.3 Å². The van der Waals surface area contributed by atoms with Gasteiger partial charge in [0.1, 0.15) is 11.7 Å². The van der Waals surface area contributed by atoms with Crippen molar-refractivity contribution >= 4 is 32.6 Å². The molecule has 0 aliphatic carbocycles. The summed E-state index contributed by atoms with van der Waals surface area (Å²) in [7, 11) is -2.01. The topological polar surface area (TPSA) is 120 Å². The van der Waals surface area contributed by atoms with Gasteiger partial charge in [-0.2, -0.15) is 23.3 Å². The van der Waals surface area contributed by atoms with E-state index in [2.05, 4.69) is 20.4 Å². The van der Waals surface area contributed by atoms with Crippen LogP contribution in [0.3, 0.4) is 0 Å². The highest BCUT2D eigenvalue weighted by Gasteiger charge is 2.40. The molecule has 0 unspecified atom stereocenters. The Morgan fingerprint density at radius 3 is 2.59 bits per heavy atom. The summed E-state index contributed by atoms with van der Waals surface area (Å²) in [6.07, 6.45) is -3.93. The van der Waals surface area contributed by atoms with Gasteiger partial charge in [0.25, 0.3) is 0 Å². The zero-order chi connectivity index (χ0) is 28.1. The number of rotatable bonds is 6. The molecule has 0 radical (unpaired) electrons. The van der Waals surface area contributed by atoms with Crippen molar-refractivity contribution in [3.63, 3.8) is 0 Å². The lowest BCUT2D eigenvalue weighted by atomic mass is 10.1. The summed E-state index contributed by atoms with van der Waals surface area (Å²) >= 11 is 0. The fourth-order valence-corrected chi connectivity index (χ4v) is 5.36. The number of imidazole rings is 1. The van der Waals surface area contributed by atoms with Crippen LogP contribution >= 0.6 is 0 Å². The third-order valence-electron chi connectivity index (χ3n) is 6.44. The van der Waals surface area contributed by atoms with Gasteiger partial charge in [-0.05, 0) is 26.0 Å². The van der Waals surface area contributed by atoms with Gasteiger partial charge in [-0.15, -0.1) is 0 Å². The molecule has 208 valence electrons. The lowest BCUT2D eigenvalue weighted by molar-refractivity contribution is -0.141. The first-order chi connectivity index (χ1) is 18.4. The summed E-state index contributed by atoms with van der Waals surface area (Å²) in [5, 5.41) is 6.67. The zero-order valence-electron chi connectivity index (χ0n) is 21.7. The molecule has 1 N–H and O–H groups in total. The van der Waals surface area contributed by atoms with Crippen LogP contribution in [-0.4, -0.2) is 76.8 Å². The summed E-state index contributed by atoms with van der Waals surface area (Å²) in [5.41, 5.74) is -0.266. The van der Waals surface area contributed by atoms with Gasteiger partial charge < -0.3 is 15.0 Å². The number of ether oxygens (including phenoxy) is 1. The number of anilines is 2. The molecule has 1 aromatic carbocycles. The highest BCUT2D eigenvalue weighted by molar-refractivity contribution is 7.89. The lowest BCUT2D eigenvalue weighted by Crippen LogP contribution is -2.44. The van der Waals surface area contributed by atoms with Crippen LogP contribution in [0, 0.1) is 6.92 Å². The molecule has 5 rings (SSSR count). The number of alkyl halides is 3. The lowest BCUT2D eigenvalue weighted by Gasteiger charge is -2.34. The van der Waals surface area contributed by atoms with E-state index in [1.165, 1.54) is 13.0 Å². The van der Waals surface area contributed by atoms with E-state index in [0.717, 1.165) is 10.9 Å². The Kier molecular flexibility index (Phi) is 6.74. The molecule has 1 aliphatic rings. The first-order valence-electron chi connectivity index (χ1n) is 12.1.